The Bertz CT molecular complexity index is 781. The van der Waals surface area contributed by atoms with Crippen LogP contribution in [0.25, 0.3) is 0 Å². The molecule has 0 atom stereocenters. The molecular formula is C18H25N5O3S. The summed E-state index contributed by atoms with van der Waals surface area (Å²) >= 11 is 1.56. The molecule has 1 fully saturated rings. The number of carbonyl (C=O) groups is 1. The van der Waals surface area contributed by atoms with Crippen LogP contribution >= 0.6 is 11.3 Å². The fraction of sp³-hybridized carbons (Fsp3) is 0.556. The van der Waals surface area contributed by atoms with Crippen molar-refractivity contribution in [3.8, 4) is 5.88 Å². The Labute approximate surface area is 163 Å². The van der Waals surface area contributed by atoms with Gasteiger partial charge in [0.2, 0.25) is 5.88 Å². The lowest BCUT2D eigenvalue weighted by molar-refractivity contribution is 0.0240. The van der Waals surface area contributed by atoms with Gasteiger partial charge in [0.05, 0.1) is 12.4 Å². The second-order valence-corrected chi connectivity index (χ2v) is 8.28. The SMILES string of the molecule is Cc1csc(COc2cncc(N3CCN(C(=O)OC(C)(C)C)CC3)n2)n1. The Morgan fingerprint density at radius 2 is 1.93 bits per heavy atom. The van der Waals surface area contributed by atoms with Crippen LogP contribution in [0.4, 0.5) is 10.6 Å². The second-order valence-electron chi connectivity index (χ2n) is 7.34. The van der Waals surface area contributed by atoms with Crippen LogP contribution in [0, 0.1) is 6.92 Å². The van der Waals surface area contributed by atoms with Crippen LogP contribution in [0.2, 0.25) is 0 Å². The van der Waals surface area contributed by atoms with Crippen LogP contribution in [-0.2, 0) is 11.3 Å². The van der Waals surface area contributed by atoms with E-state index in [-0.39, 0.29) is 6.09 Å². The minimum Gasteiger partial charge on any atom is -0.469 e. The van der Waals surface area contributed by atoms with Crippen molar-refractivity contribution in [2.75, 3.05) is 31.1 Å². The molecule has 1 saturated heterocycles. The molecule has 0 aliphatic carbocycles. The standard InChI is InChI=1S/C18H25N5O3S/c1-13-12-27-16(20-13)11-25-15-10-19-9-14(21-15)22-5-7-23(8-6-22)17(24)26-18(2,3)4/h9-10,12H,5-8,11H2,1-4H3. The van der Waals surface area contributed by atoms with E-state index in [1.165, 1.54) is 0 Å². The van der Waals surface area contributed by atoms with Gasteiger partial charge in [-0.2, -0.15) is 4.98 Å². The van der Waals surface area contributed by atoms with Crippen molar-refractivity contribution in [3.63, 3.8) is 0 Å². The minimum atomic E-state index is -0.485. The summed E-state index contributed by atoms with van der Waals surface area (Å²) in [6.45, 7) is 10.5. The highest BCUT2D eigenvalue weighted by Gasteiger charge is 2.26. The predicted octanol–water partition coefficient (Wildman–Crippen LogP) is 2.88. The number of hydrogen-bond acceptors (Lipinski definition) is 8. The summed E-state index contributed by atoms with van der Waals surface area (Å²) in [5, 5.41) is 2.90. The van der Waals surface area contributed by atoms with E-state index in [1.54, 1.807) is 28.6 Å². The van der Waals surface area contributed by atoms with E-state index in [0.29, 0.717) is 38.7 Å². The molecule has 0 unspecified atom stereocenters. The zero-order valence-corrected chi connectivity index (χ0v) is 17.0. The molecule has 3 heterocycles. The molecule has 0 bridgehead atoms. The third-order valence-corrected chi connectivity index (χ3v) is 4.81. The first-order valence-corrected chi connectivity index (χ1v) is 9.77. The molecule has 27 heavy (non-hydrogen) atoms. The summed E-state index contributed by atoms with van der Waals surface area (Å²) in [7, 11) is 0. The molecule has 2 aromatic rings. The number of nitrogens with zero attached hydrogens (tertiary/aromatic N) is 5. The molecule has 0 N–H and O–H groups in total. The number of aryl methyl sites for hydroxylation is 1. The first-order valence-electron chi connectivity index (χ1n) is 8.89. The number of ether oxygens (including phenoxy) is 2. The first-order chi connectivity index (χ1) is 12.8. The molecule has 8 nitrogen and oxygen atoms in total. The van der Waals surface area contributed by atoms with E-state index in [0.717, 1.165) is 16.5 Å². The molecule has 2 aromatic heterocycles. The quantitative estimate of drug-likeness (QED) is 0.793. The van der Waals surface area contributed by atoms with Gasteiger partial charge in [-0.1, -0.05) is 0 Å². The normalized spacial score (nSPS) is 15.0. The molecule has 146 valence electrons. The van der Waals surface area contributed by atoms with Gasteiger partial charge < -0.3 is 19.3 Å². The smallest absolute Gasteiger partial charge is 0.410 e. The van der Waals surface area contributed by atoms with Crippen LogP contribution in [-0.4, -0.2) is 57.7 Å². The molecule has 0 aromatic carbocycles. The largest absolute Gasteiger partial charge is 0.469 e. The van der Waals surface area contributed by atoms with Crippen LogP contribution in [0.5, 0.6) is 5.88 Å². The number of thiazole rings is 1. The number of piperazine rings is 1. The molecule has 0 saturated carbocycles. The van der Waals surface area contributed by atoms with E-state index in [2.05, 4.69) is 19.9 Å². The summed E-state index contributed by atoms with van der Waals surface area (Å²) in [5.41, 5.74) is 0.503. The van der Waals surface area contributed by atoms with Crippen molar-refractivity contribution in [1.82, 2.24) is 19.9 Å². The molecule has 0 radical (unpaired) electrons. The van der Waals surface area contributed by atoms with Gasteiger partial charge in [-0.05, 0) is 27.7 Å². The Morgan fingerprint density at radius 1 is 1.19 bits per heavy atom. The third kappa shape index (κ3) is 5.53. The lowest BCUT2D eigenvalue weighted by Crippen LogP contribution is -2.50. The van der Waals surface area contributed by atoms with Gasteiger partial charge in [0, 0.05) is 37.3 Å². The minimum absolute atomic E-state index is 0.274. The summed E-state index contributed by atoms with van der Waals surface area (Å²) < 4.78 is 11.1. The number of amides is 1. The lowest BCUT2D eigenvalue weighted by atomic mass is 10.2. The lowest BCUT2D eigenvalue weighted by Gasteiger charge is -2.36. The maximum Gasteiger partial charge on any atom is 0.410 e. The zero-order chi connectivity index (χ0) is 19.4. The fourth-order valence-corrected chi connectivity index (χ4v) is 3.29. The molecule has 0 spiro atoms. The highest BCUT2D eigenvalue weighted by Crippen LogP contribution is 2.19. The average molecular weight is 391 g/mol. The Morgan fingerprint density at radius 3 is 2.56 bits per heavy atom. The highest BCUT2D eigenvalue weighted by molar-refractivity contribution is 7.09. The van der Waals surface area contributed by atoms with Crippen molar-refractivity contribution < 1.29 is 14.3 Å². The van der Waals surface area contributed by atoms with Gasteiger partial charge in [-0.3, -0.25) is 4.98 Å². The monoisotopic (exact) mass is 391 g/mol. The zero-order valence-electron chi connectivity index (χ0n) is 16.1. The average Bonchev–Trinajstić information content (AvgIpc) is 3.04. The van der Waals surface area contributed by atoms with Crippen LogP contribution in [0.1, 0.15) is 31.5 Å². The van der Waals surface area contributed by atoms with Crippen LogP contribution < -0.4 is 9.64 Å². The molecule has 1 aliphatic heterocycles. The van der Waals surface area contributed by atoms with Crippen molar-refractivity contribution in [2.24, 2.45) is 0 Å². The van der Waals surface area contributed by atoms with Crippen molar-refractivity contribution in [1.29, 1.82) is 0 Å². The Balaban J connectivity index is 1.54. The number of aromatic nitrogens is 3. The van der Waals surface area contributed by atoms with Gasteiger partial charge in [-0.25, -0.2) is 9.78 Å². The molecule has 3 rings (SSSR count). The predicted molar refractivity (Wildman–Crippen MR) is 103 cm³/mol. The Hall–Kier alpha value is -2.42. The van der Waals surface area contributed by atoms with Gasteiger partial charge in [0.15, 0.2) is 5.82 Å². The molecular weight excluding hydrogens is 366 g/mol. The van der Waals surface area contributed by atoms with Crippen LogP contribution in [0.15, 0.2) is 17.8 Å². The van der Waals surface area contributed by atoms with Gasteiger partial charge in [0.1, 0.15) is 17.2 Å². The molecule has 1 aliphatic rings. The molecule has 9 heteroatoms. The number of hydrogen-bond donors (Lipinski definition) is 0. The van der Waals surface area contributed by atoms with Crippen molar-refractivity contribution in [3.05, 3.63) is 28.5 Å². The van der Waals surface area contributed by atoms with E-state index < -0.39 is 5.60 Å². The molecule has 1 amide bonds. The van der Waals surface area contributed by atoms with Crippen LogP contribution in [0.3, 0.4) is 0 Å². The summed E-state index contributed by atoms with van der Waals surface area (Å²) in [5.74, 6) is 1.21. The van der Waals surface area contributed by atoms with Gasteiger partial charge in [0.25, 0.3) is 0 Å². The van der Waals surface area contributed by atoms with Gasteiger partial charge in [-0.15, -0.1) is 11.3 Å². The summed E-state index contributed by atoms with van der Waals surface area (Å²) in [6.07, 6.45) is 3.04. The Kier molecular flexibility index (Phi) is 5.79. The van der Waals surface area contributed by atoms with E-state index in [1.807, 2.05) is 33.1 Å². The van der Waals surface area contributed by atoms with E-state index in [4.69, 9.17) is 9.47 Å². The number of rotatable bonds is 4. The summed E-state index contributed by atoms with van der Waals surface area (Å²) in [6, 6.07) is 0. The topological polar surface area (TPSA) is 80.7 Å². The number of anilines is 1. The second kappa shape index (κ2) is 8.08. The first kappa shape index (κ1) is 19.3. The maximum atomic E-state index is 12.2. The number of carbonyl (C=O) groups excluding carboxylic acids is 1. The summed E-state index contributed by atoms with van der Waals surface area (Å²) in [4.78, 5) is 29.1. The fourth-order valence-electron chi connectivity index (χ4n) is 2.61. The maximum absolute atomic E-state index is 12.2. The third-order valence-electron chi connectivity index (χ3n) is 3.87. The van der Waals surface area contributed by atoms with E-state index in [9.17, 15) is 4.79 Å². The highest BCUT2D eigenvalue weighted by atomic mass is 32.1. The van der Waals surface area contributed by atoms with Gasteiger partial charge >= 0.3 is 6.09 Å². The van der Waals surface area contributed by atoms with Crippen molar-refractivity contribution >= 4 is 23.2 Å². The van der Waals surface area contributed by atoms with E-state index >= 15 is 0 Å². The van der Waals surface area contributed by atoms with Crippen molar-refractivity contribution in [2.45, 2.75) is 39.9 Å².